The largest absolute Gasteiger partial charge is 0.410 e. The average molecular weight is 429 g/mol. The van der Waals surface area contributed by atoms with Crippen LogP contribution in [0.1, 0.15) is 27.7 Å². The van der Waals surface area contributed by atoms with Crippen molar-refractivity contribution in [2.24, 2.45) is 22.1 Å². The maximum atomic E-state index is 13.3. The van der Waals surface area contributed by atoms with Crippen LogP contribution in [-0.4, -0.2) is 46.8 Å². The van der Waals surface area contributed by atoms with Crippen LogP contribution in [-0.2, 0) is 19.7 Å². The Morgan fingerprint density at radius 1 is 0.750 bits per heavy atom. The molecule has 8 nitrogen and oxygen atoms in total. The number of hydrogen-bond donors (Lipinski definition) is 2. The van der Waals surface area contributed by atoms with Gasteiger partial charge in [-0.25, -0.2) is 16.8 Å². The van der Waals surface area contributed by atoms with E-state index in [1.54, 1.807) is 38.2 Å². The molecule has 2 N–H and O–H groups in total. The SMILES string of the molecule is CC1C=CC=CC1(C)S(=O)(=O)C(=NO)C(=NO)S(=O)(=O)C1(C)C=CC=CC1C. The maximum Gasteiger partial charge on any atom is 0.235 e. The molecular formula is C18H24N2O6S2. The Bertz CT molecular complexity index is 950. The summed E-state index contributed by atoms with van der Waals surface area (Å²) in [5, 5.41) is 22.1. The minimum atomic E-state index is -4.55. The maximum absolute atomic E-state index is 13.3. The highest BCUT2D eigenvalue weighted by Crippen LogP contribution is 2.37. The fraction of sp³-hybridized carbons (Fsp3) is 0.444. The summed E-state index contributed by atoms with van der Waals surface area (Å²) < 4.78 is 50.0. The predicted molar refractivity (Wildman–Crippen MR) is 108 cm³/mol. The zero-order valence-electron chi connectivity index (χ0n) is 16.0. The van der Waals surface area contributed by atoms with Gasteiger partial charge in [0.2, 0.25) is 29.8 Å². The van der Waals surface area contributed by atoms with Crippen LogP contribution in [0.3, 0.4) is 0 Å². The van der Waals surface area contributed by atoms with Crippen molar-refractivity contribution in [1.82, 2.24) is 0 Å². The second kappa shape index (κ2) is 7.32. The number of sulfone groups is 2. The van der Waals surface area contributed by atoms with Crippen LogP contribution >= 0.6 is 0 Å². The molecule has 0 aromatic carbocycles. The van der Waals surface area contributed by atoms with Crippen LogP contribution in [0.15, 0.2) is 58.9 Å². The molecule has 0 radical (unpaired) electrons. The summed E-state index contributed by atoms with van der Waals surface area (Å²) in [6, 6.07) is 0. The lowest BCUT2D eigenvalue weighted by Gasteiger charge is -2.35. The Labute approximate surface area is 165 Å². The zero-order chi connectivity index (χ0) is 21.4. The van der Waals surface area contributed by atoms with Crippen LogP contribution < -0.4 is 0 Å². The predicted octanol–water partition coefficient (Wildman–Crippen LogP) is 2.43. The van der Waals surface area contributed by atoms with Crippen LogP contribution in [0.2, 0.25) is 0 Å². The van der Waals surface area contributed by atoms with E-state index in [0.717, 1.165) is 0 Å². The highest BCUT2D eigenvalue weighted by atomic mass is 32.2. The molecule has 0 aliphatic heterocycles. The fourth-order valence-corrected chi connectivity index (χ4v) is 7.05. The van der Waals surface area contributed by atoms with Crippen LogP contribution in [0.4, 0.5) is 0 Å². The van der Waals surface area contributed by atoms with Gasteiger partial charge in [-0.1, -0.05) is 72.8 Å². The van der Waals surface area contributed by atoms with E-state index in [1.807, 2.05) is 0 Å². The van der Waals surface area contributed by atoms with Crippen molar-refractivity contribution in [1.29, 1.82) is 0 Å². The van der Waals surface area contributed by atoms with E-state index < -0.39 is 51.1 Å². The number of hydrogen-bond acceptors (Lipinski definition) is 8. The number of nitrogens with zero attached hydrogens (tertiary/aromatic N) is 2. The lowest BCUT2D eigenvalue weighted by atomic mass is 9.91. The second-order valence-corrected chi connectivity index (χ2v) is 11.8. The summed E-state index contributed by atoms with van der Waals surface area (Å²) in [6.45, 7) is 6.03. The van der Waals surface area contributed by atoms with Gasteiger partial charge in [0, 0.05) is 0 Å². The van der Waals surface area contributed by atoms with Crippen LogP contribution in [0, 0.1) is 11.8 Å². The molecule has 0 amide bonds. The lowest BCUT2D eigenvalue weighted by molar-refractivity contribution is 0.315. The summed E-state index contributed by atoms with van der Waals surface area (Å²) >= 11 is 0. The summed E-state index contributed by atoms with van der Waals surface area (Å²) in [5.41, 5.74) is 0. The fourth-order valence-electron chi connectivity index (χ4n) is 3.15. The molecule has 2 rings (SSSR count). The third-order valence-corrected chi connectivity index (χ3v) is 10.7. The molecule has 0 heterocycles. The summed E-state index contributed by atoms with van der Waals surface area (Å²) in [5.74, 6) is -1.09. The van der Waals surface area contributed by atoms with Crippen molar-refractivity contribution in [3.63, 3.8) is 0 Å². The van der Waals surface area contributed by atoms with Gasteiger partial charge < -0.3 is 10.4 Å². The molecule has 0 fully saturated rings. The second-order valence-electron chi connectivity index (χ2n) is 7.25. The standard InChI is InChI=1S/C18H24N2O6S2/c1-13-9-5-7-11-17(13,3)27(23,24)15(19-21)16(20-22)28(25,26)18(4)12-8-6-10-14(18)2/h5-14,21-22H,1-4H3. The van der Waals surface area contributed by atoms with Crippen molar-refractivity contribution in [3.05, 3.63) is 48.6 Å². The first-order valence-corrected chi connectivity index (χ1v) is 11.5. The van der Waals surface area contributed by atoms with Gasteiger partial charge in [0.25, 0.3) is 0 Å². The molecule has 4 atom stereocenters. The molecule has 154 valence electrons. The van der Waals surface area contributed by atoms with Crippen LogP contribution in [0.5, 0.6) is 0 Å². The number of oxime groups is 2. The summed E-state index contributed by atoms with van der Waals surface area (Å²) in [6.07, 6.45) is 12.4. The first-order chi connectivity index (χ1) is 12.9. The van der Waals surface area contributed by atoms with Gasteiger partial charge in [-0.05, 0) is 25.7 Å². The molecule has 28 heavy (non-hydrogen) atoms. The van der Waals surface area contributed by atoms with E-state index in [2.05, 4.69) is 10.3 Å². The average Bonchev–Trinajstić information content (AvgIpc) is 2.63. The van der Waals surface area contributed by atoms with Gasteiger partial charge in [-0.2, -0.15) is 0 Å². The third-order valence-electron chi connectivity index (χ3n) is 5.72. The Hall–Kier alpha value is -2.20. The third kappa shape index (κ3) is 3.04. The molecule has 10 heteroatoms. The summed E-state index contributed by atoms with van der Waals surface area (Å²) in [4.78, 5) is 0. The van der Waals surface area contributed by atoms with E-state index in [0.29, 0.717) is 0 Å². The van der Waals surface area contributed by atoms with Crippen molar-refractivity contribution < 1.29 is 27.3 Å². The van der Waals surface area contributed by atoms with Gasteiger partial charge in [-0.15, -0.1) is 0 Å². The van der Waals surface area contributed by atoms with Gasteiger partial charge >= 0.3 is 0 Å². The van der Waals surface area contributed by atoms with Crippen LogP contribution in [0.25, 0.3) is 0 Å². The Morgan fingerprint density at radius 2 is 1.07 bits per heavy atom. The van der Waals surface area contributed by atoms with E-state index in [-0.39, 0.29) is 0 Å². The quantitative estimate of drug-likeness (QED) is 0.300. The smallest absolute Gasteiger partial charge is 0.235 e. The van der Waals surface area contributed by atoms with E-state index in [1.165, 1.54) is 38.2 Å². The monoisotopic (exact) mass is 428 g/mol. The van der Waals surface area contributed by atoms with Crippen molar-refractivity contribution >= 4 is 29.8 Å². The van der Waals surface area contributed by atoms with Gasteiger partial charge in [0.05, 0.1) is 0 Å². The number of rotatable bonds is 2. The zero-order valence-corrected chi connectivity index (χ0v) is 17.6. The topological polar surface area (TPSA) is 133 Å². The van der Waals surface area contributed by atoms with Gasteiger partial charge in [0.1, 0.15) is 9.49 Å². The molecule has 0 aromatic heterocycles. The summed E-state index contributed by atoms with van der Waals surface area (Å²) in [7, 11) is -9.10. The minimum Gasteiger partial charge on any atom is -0.410 e. The Kier molecular flexibility index (Phi) is 5.78. The Morgan fingerprint density at radius 3 is 1.32 bits per heavy atom. The number of allylic oxidation sites excluding steroid dienone is 6. The highest BCUT2D eigenvalue weighted by molar-refractivity contribution is 8.19. The minimum absolute atomic E-state index is 0.547. The van der Waals surface area contributed by atoms with Crippen molar-refractivity contribution in [2.75, 3.05) is 0 Å². The molecule has 0 saturated carbocycles. The van der Waals surface area contributed by atoms with Crippen molar-refractivity contribution in [3.8, 4) is 0 Å². The van der Waals surface area contributed by atoms with Gasteiger partial charge in [0.15, 0.2) is 0 Å². The Balaban J connectivity index is 2.66. The van der Waals surface area contributed by atoms with E-state index in [9.17, 15) is 27.3 Å². The molecule has 2 aliphatic carbocycles. The highest BCUT2D eigenvalue weighted by Gasteiger charge is 2.53. The first kappa shape index (κ1) is 22.1. The first-order valence-electron chi connectivity index (χ1n) is 8.56. The van der Waals surface area contributed by atoms with Crippen molar-refractivity contribution in [2.45, 2.75) is 37.2 Å². The lowest BCUT2D eigenvalue weighted by Crippen LogP contribution is -2.51. The molecule has 0 aromatic rings. The van der Waals surface area contributed by atoms with Gasteiger partial charge in [-0.3, -0.25) is 0 Å². The molecular weight excluding hydrogens is 404 g/mol. The van der Waals surface area contributed by atoms with E-state index in [4.69, 9.17) is 0 Å². The normalized spacial score (nSPS) is 34.0. The molecule has 2 aliphatic rings. The molecule has 4 unspecified atom stereocenters. The molecule has 0 bridgehead atoms. The molecule has 0 spiro atoms. The molecule has 0 saturated heterocycles. The van der Waals surface area contributed by atoms with E-state index >= 15 is 0 Å².